The van der Waals surface area contributed by atoms with Crippen molar-refractivity contribution in [1.29, 1.82) is 0 Å². The molecule has 0 unspecified atom stereocenters. The highest BCUT2D eigenvalue weighted by Crippen LogP contribution is 2.13. The zero-order chi connectivity index (χ0) is 10.7. The second-order valence-corrected chi connectivity index (χ2v) is 4.46. The van der Waals surface area contributed by atoms with E-state index in [2.05, 4.69) is 52.3 Å². The third kappa shape index (κ3) is 2.97. The minimum Gasteiger partial charge on any atom is -0.0967 e. The van der Waals surface area contributed by atoms with Crippen molar-refractivity contribution in [2.45, 2.75) is 6.42 Å². The Morgan fingerprint density at radius 1 is 0.800 bits per heavy atom. The van der Waals surface area contributed by atoms with Crippen LogP contribution in [0.3, 0.4) is 0 Å². The molecule has 0 saturated carbocycles. The quantitative estimate of drug-likeness (QED) is 0.725. The van der Waals surface area contributed by atoms with Gasteiger partial charge in [-0.2, -0.15) is 0 Å². The van der Waals surface area contributed by atoms with Crippen LogP contribution in [0.4, 0.5) is 0 Å². The molecule has 0 aliphatic rings. The van der Waals surface area contributed by atoms with E-state index in [9.17, 15) is 0 Å². The number of hydrogen-bond acceptors (Lipinski definition) is 0. The van der Waals surface area contributed by atoms with Gasteiger partial charge >= 0.3 is 0 Å². The molecular weight excluding hydrogens is 247 g/mol. The lowest BCUT2D eigenvalue weighted by molar-refractivity contribution is 1.19. The SMILES string of the molecule is [B]c1ccc(Cc2ccc(Br)cc2)cc1. The van der Waals surface area contributed by atoms with Crippen LogP contribution in [0.2, 0.25) is 0 Å². The van der Waals surface area contributed by atoms with Gasteiger partial charge in [-0.3, -0.25) is 0 Å². The van der Waals surface area contributed by atoms with Gasteiger partial charge in [-0.25, -0.2) is 0 Å². The molecule has 72 valence electrons. The summed E-state index contributed by atoms with van der Waals surface area (Å²) in [4.78, 5) is 0. The van der Waals surface area contributed by atoms with Crippen LogP contribution in [0.5, 0.6) is 0 Å². The Morgan fingerprint density at radius 3 is 1.80 bits per heavy atom. The largest absolute Gasteiger partial charge is 0.113 e. The molecule has 0 spiro atoms. The molecule has 0 saturated heterocycles. The van der Waals surface area contributed by atoms with Crippen LogP contribution in [-0.4, -0.2) is 7.85 Å². The Hall–Kier alpha value is -1.02. The summed E-state index contributed by atoms with van der Waals surface area (Å²) in [5, 5.41) is 0. The summed E-state index contributed by atoms with van der Waals surface area (Å²) in [5.74, 6) is 0. The molecule has 0 aliphatic carbocycles. The molecule has 2 aromatic rings. The van der Waals surface area contributed by atoms with Crippen LogP contribution in [0, 0.1) is 0 Å². The molecule has 0 heterocycles. The van der Waals surface area contributed by atoms with E-state index in [0.717, 1.165) is 16.4 Å². The van der Waals surface area contributed by atoms with Gasteiger partial charge in [0.1, 0.15) is 7.85 Å². The molecule has 0 aliphatic heterocycles. The fraction of sp³-hybridized carbons (Fsp3) is 0.0769. The molecule has 2 aromatic carbocycles. The maximum absolute atomic E-state index is 5.63. The monoisotopic (exact) mass is 256 g/mol. The van der Waals surface area contributed by atoms with Gasteiger partial charge in [0.25, 0.3) is 0 Å². The van der Waals surface area contributed by atoms with Crippen LogP contribution in [0.1, 0.15) is 11.1 Å². The Labute approximate surface area is 99.9 Å². The van der Waals surface area contributed by atoms with Gasteiger partial charge < -0.3 is 0 Å². The highest BCUT2D eigenvalue weighted by atomic mass is 79.9. The summed E-state index contributed by atoms with van der Waals surface area (Å²) in [7, 11) is 5.63. The van der Waals surface area contributed by atoms with Gasteiger partial charge in [0, 0.05) is 4.47 Å². The Balaban J connectivity index is 2.15. The van der Waals surface area contributed by atoms with Crippen molar-refractivity contribution in [2.75, 3.05) is 0 Å². The van der Waals surface area contributed by atoms with Gasteiger partial charge in [-0.05, 0) is 29.7 Å². The van der Waals surface area contributed by atoms with Crippen molar-refractivity contribution in [1.82, 2.24) is 0 Å². The Morgan fingerprint density at radius 2 is 1.27 bits per heavy atom. The highest BCUT2D eigenvalue weighted by molar-refractivity contribution is 9.10. The van der Waals surface area contributed by atoms with Gasteiger partial charge in [0.05, 0.1) is 0 Å². The third-order valence-electron chi connectivity index (χ3n) is 2.30. The van der Waals surface area contributed by atoms with Crippen LogP contribution in [0.25, 0.3) is 0 Å². The van der Waals surface area contributed by atoms with Crippen molar-refractivity contribution in [3.05, 3.63) is 64.1 Å². The third-order valence-corrected chi connectivity index (χ3v) is 2.83. The molecule has 2 radical (unpaired) electrons. The predicted octanol–water partition coefficient (Wildman–Crippen LogP) is 2.83. The molecular formula is C13H10BBr. The van der Waals surface area contributed by atoms with Crippen molar-refractivity contribution in [3.63, 3.8) is 0 Å². The summed E-state index contributed by atoms with van der Waals surface area (Å²) < 4.78 is 1.11. The van der Waals surface area contributed by atoms with E-state index in [1.54, 1.807) is 0 Å². The van der Waals surface area contributed by atoms with E-state index in [-0.39, 0.29) is 0 Å². The average Bonchev–Trinajstić information content (AvgIpc) is 2.25. The zero-order valence-electron chi connectivity index (χ0n) is 8.28. The van der Waals surface area contributed by atoms with E-state index >= 15 is 0 Å². The molecule has 0 amide bonds. The fourth-order valence-electron chi connectivity index (χ4n) is 1.47. The second kappa shape index (κ2) is 4.67. The van der Waals surface area contributed by atoms with E-state index in [0.29, 0.717) is 0 Å². The first-order chi connectivity index (χ1) is 7.24. The van der Waals surface area contributed by atoms with E-state index in [1.807, 2.05) is 12.1 Å². The molecule has 0 atom stereocenters. The number of benzene rings is 2. The van der Waals surface area contributed by atoms with Crippen molar-refractivity contribution in [2.24, 2.45) is 0 Å². The van der Waals surface area contributed by atoms with Gasteiger partial charge in [0.2, 0.25) is 0 Å². The molecule has 2 heteroatoms. The first-order valence-corrected chi connectivity index (χ1v) is 5.62. The molecule has 0 aromatic heterocycles. The van der Waals surface area contributed by atoms with Crippen molar-refractivity contribution >= 4 is 29.2 Å². The van der Waals surface area contributed by atoms with Gasteiger partial charge in [-0.15, -0.1) is 0 Å². The van der Waals surface area contributed by atoms with Gasteiger partial charge in [-0.1, -0.05) is 57.8 Å². The molecule has 15 heavy (non-hydrogen) atoms. The minimum absolute atomic E-state index is 0.814. The normalized spacial score (nSPS) is 10.2. The first-order valence-electron chi connectivity index (χ1n) is 4.83. The standard InChI is InChI=1S/C13H10BBr/c14-12-5-1-10(2-6-12)9-11-3-7-13(15)8-4-11/h1-8H,9H2. The van der Waals surface area contributed by atoms with E-state index in [4.69, 9.17) is 7.85 Å². The van der Waals surface area contributed by atoms with Gasteiger partial charge in [0.15, 0.2) is 0 Å². The van der Waals surface area contributed by atoms with E-state index < -0.39 is 0 Å². The summed E-state index contributed by atoms with van der Waals surface area (Å²) in [6.07, 6.45) is 0.952. The maximum atomic E-state index is 5.63. The first kappa shape index (κ1) is 10.5. The molecule has 0 nitrogen and oxygen atoms in total. The lowest BCUT2D eigenvalue weighted by atomic mass is 9.94. The van der Waals surface area contributed by atoms with Crippen LogP contribution in [-0.2, 0) is 6.42 Å². The zero-order valence-corrected chi connectivity index (χ0v) is 9.87. The van der Waals surface area contributed by atoms with Crippen LogP contribution >= 0.6 is 15.9 Å². The molecule has 0 bridgehead atoms. The molecule has 2 rings (SSSR count). The summed E-state index contributed by atoms with van der Waals surface area (Å²) in [6, 6.07) is 16.4. The van der Waals surface area contributed by atoms with Crippen molar-refractivity contribution in [3.8, 4) is 0 Å². The Kier molecular flexibility index (Phi) is 3.27. The lowest BCUT2D eigenvalue weighted by Gasteiger charge is -2.02. The predicted molar refractivity (Wildman–Crippen MR) is 68.8 cm³/mol. The highest BCUT2D eigenvalue weighted by Gasteiger charge is 1.95. The molecule has 0 fully saturated rings. The minimum atomic E-state index is 0.814. The van der Waals surface area contributed by atoms with E-state index in [1.165, 1.54) is 11.1 Å². The topological polar surface area (TPSA) is 0 Å². The summed E-state index contributed by atoms with van der Waals surface area (Å²) in [6.45, 7) is 0. The molecule has 0 N–H and O–H groups in total. The number of hydrogen-bond donors (Lipinski definition) is 0. The second-order valence-electron chi connectivity index (χ2n) is 3.54. The average molecular weight is 257 g/mol. The fourth-order valence-corrected chi connectivity index (χ4v) is 1.74. The smallest absolute Gasteiger partial charge is 0.0967 e. The number of halogens is 1. The Bertz CT molecular complexity index is 388. The maximum Gasteiger partial charge on any atom is 0.113 e. The lowest BCUT2D eigenvalue weighted by Crippen LogP contribution is -2.00. The van der Waals surface area contributed by atoms with Crippen LogP contribution < -0.4 is 5.46 Å². The summed E-state index contributed by atoms with van der Waals surface area (Å²) in [5.41, 5.74) is 3.41. The number of rotatable bonds is 2. The van der Waals surface area contributed by atoms with Crippen LogP contribution in [0.15, 0.2) is 53.0 Å². The van der Waals surface area contributed by atoms with Crippen molar-refractivity contribution < 1.29 is 0 Å². The summed E-state index contributed by atoms with van der Waals surface area (Å²) >= 11 is 3.42.